The van der Waals surface area contributed by atoms with Crippen molar-refractivity contribution >= 4 is 16.7 Å². The lowest BCUT2D eigenvalue weighted by molar-refractivity contribution is 0.766. The summed E-state index contributed by atoms with van der Waals surface area (Å²) in [6, 6.07) is 11.8. The van der Waals surface area contributed by atoms with Crippen molar-refractivity contribution in [3.8, 4) is 6.07 Å². The lowest BCUT2D eigenvalue weighted by Gasteiger charge is -2.18. The highest BCUT2D eigenvalue weighted by Gasteiger charge is 2.09. The van der Waals surface area contributed by atoms with Crippen molar-refractivity contribution in [2.24, 2.45) is 7.05 Å². The molecule has 0 bridgehead atoms. The standard InChI is InChI=1S/C16H15N5/c1-20(10-12-9-18-21(2)11-12)16-7-13(8-17)14-5-3-4-6-15(14)19-16/h3-7,9,11H,10H2,1-2H3. The van der Waals surface area contributed by atoms with Crippen LogP contribution in [0.25, 0.3) is 10.9 Å². The molecule has 0 spiro atoms. The van der Waals surface area contributed by atoms with E-state index in [0.717, 1.165) is 22.3 Å². The van der Waals surface area contributed by atoms with Gasteiger partial charge in [0.2, 0.25) is 0 Å². The molecule has 21 heavy (non-hydrogen) atoms. The zero-order valence-corrected chi connectivity index (χ0v) is 12.0. The maximum absolute atomic E-state index is 9.33. The van der Waals surface area contributed by atoms with Crippen LogP contribution in [0.15, 0.2) is 42.7 Å². The van der Waals surface area contributed by atoms with Crippen LogP contribution in [0.2, 0.25) is 0 Å². The number of aromatic nitrogens is 3. The van der Waals surface area contributed by atoms with E-state index in [1.54, 1.807) is 4.68 Å². The van der Waals surface area contributed by atoms with E-state index in [1.165, 1.54) is 0 Å². The van der Waals surface area contributed by atoms with Gasteiger partial charge in [0, 0.05) is 37.8 Å². The van der Waals surface area contributed by atoms with Gasteiger partial charge in [-0.1, -0.05) is 18.2 Å². The van der Waals surface area contributed by atoms with Crippen LogP contribution in [0.3, 0.4) is 0 Å². The Labute approximate surface area is 123 Å². The number of anilines is 1. The quantitative estimate of drug-likeness (QED) is 0.738. The van der Waals surface area contributed by atoms with Gasteiger partial charge in [0.05, 0.1) is 23.3 Å². The molecular formula is C16H15N5. The van der Waals surface area contributed by atoms with Gasteiger partial charge in [-0.3, -0.25) is 4.68 Å². The second kappa shape index (κ2) is 5.25. The third-order valence-electron chi connectivity index (χ3n) is 3.39. The predicted molar refractivity (Wildman–Crippen MR) is 81.8 cm³/mol. The number of para-hydroxylation sites is 1. The van der Waals surface area contributed by atoms with Crippen molar-refractivity contribution in [1.82, 2.24) is 14.8 Å². The lowest BCUT2D eigenvalue weighted by atomic mass is 10.1. The van der Waals surface area contributed by atoms with Crippen molar-refractivity contribution in [2.75, 3.05) is 11.9 Å². The fourth-order valence-corrected chi connectivity index (χ4v) is 2.36. The lowest BCUT2D eigenvalue weighted by Crippen LogP contribution is -2.17. The number of nitriles is 1. The third-order valence-corrected chi connectivity index (χ3v) is 3.39. The third kappa shape index (κ3) is 2.56. The molecule has 5 heteroatoms. The monoisotopic (exact) mass is 277 g/mol. The van der Waals surface area contributed by atoms with Crippen LogP contribution in [-0.2, 0) is 13.6 Å². The summed E-state index contributed by atoms with van der Waals surface area (Å²) in [4.78, 5) is 6.65. The summed E-state index contributed by atoms with van der Waals surface area (Å²) in [5.74, 6) is 0.786. The van der Waals surface area contributed by atoms with Crippen LogP contribution in [0.4, 0.5) is 5.82 Å². The van der Waals surface area contributed by atoms with E-state index < -0.39 is 0 Å². The van der Waals surface area contributed by atoms with Crippen molar-refractivity contribution in [2.45, 2.75) is 6.54 Å². The van der Waals surface area contributed by atoms with Crippen LogP contribution in [0, 0.1) is 11.3 Å². The molecule has 0 unspecified atom stereocenters. The number of pyridine rings is 1. The Hall–Kier alpha value is -2.87. The minimum atomic E-state index is 0.647. The number of benzene rings is 1. The SMILES string of the molecule is CN(Cc1cnn(C)c1)c1cc(C#N)c2ccccc2n1. The zero-order chi connectivity index (χ0) is 14.8. The van der Waals surface area contributed by atoms with Crippen LogP contribution in [0.5, 0.6) is 0 Å². The van der Waals surface area contributed by atoms with Gasteiger partial charge in [-0.05, 0) is 12.1 Å². The molecule has 0 saturated carbocycles. The first-order valence-electron chi connectivity index (χ1n) is 6.66. The average Bonchev–Trinajstić information content (AvgIpc) is 2.91. The molecule has 104 valence electrons. The van der Waals surface area contributed by atoms with E-state index in [1.807, 2.05) is 61.7 Å². The minimum absolute atomic E-state index is 0.647. The van der Waals surface area contributed by atoms with E-state index in [9.17, 15) is 5.26 Å². The molecule has 0 aliphatic carbocycles. The molecule has 2 heterocycles. The molecule has 5 nitrogen and oxygen atoms in total. The summed E-state index contributed by atoms with van der Waals surface area (Å²) in [6.45, 7) is 0.698. The summed E-state index contributed by atoms with van der Waals surface area (Å²) < 4.78 is 1.78. The maximum atomic E-state index is 9.33. The normalized spacial score (nSPS) is 10.5. The van der Waals surface area contributed by atoms with Crippen LogP contribution >= 0.6 is 0 Å². The Kier molecular flexibility index (Phi) is 3.28. The van der Waals surface area contributed by atoms with Crippen LogP contribution in [0.1, 0.15) is 11.1 Å². The highest BCUT2D eigenvalue weighted by Crippen LogP contribution is 2.22. The summed E-state index contributed by atoms with van der Waals surface area (Å²) in [7, 11) is 3.86. The molecule has 0 atom stereocenters. The van der Waals surface area contributed by atoms with Gasteiger partial charge < -0.3 is 4.90 Å². The topological polar surface area (TPSA) is 57.7 Å². The van der Waals surface area contributed by atoms with Crippen molar-refractivity contribution in [3.05, 3.63) is 53.9 Å². The van der Waals surface area contributed by atoms with Gasteiger partial charge >= 0.3 is 0 Å². The number of hydrogen-bond acceptors (Lipinski definition) is 4. The largest absolute Gasteiger partial charge is 0.355 e. The van der Waals surface area contributed by atoms with E-state index >= 15 is 0 Å². The Balaban J connectivity index is 1.98. The second-order valence-electron chi connectivity index (χ2n) is 5.04. The number of fused-ring (bicyclic) bond motifs is 1. The summed E-state index contributed by atoms with van der Waals surface area (Å²) >= 11 is 0. The van der Waals surface area contributed by atoms with Gasteiger partial charge in [-0.2, -0.15) is 10.4 Å². The van der Waals surface area contributed by atoms with E-state index in [2.05, 4.69) is 16.2 Å². The molecule has 3 aromatic rings. The number of nitrogens with zero attached hydrogens (tertiary/aromatic N) is 5. The molecule has 0 amide bonds. The Bertz CT molecular complexity index is 828. The molecule has 2 aromatic heterocycles. The molecule has 0 fully saturated rings. The Morgan fingerprint density at radius 1 is 1.33 bits per heavy atom. The molecule has 1 aromatic carbocycles. The number of aryl methyl sites for hydroxylation is 1. The summed E-state index contributed by atoms with van der Waals surface area (Å²) in [6.07, 6.45) is 3.81. The van der Waals surface area contributed by atoms with Crippen LogP contribution < -0.4 is 4.90 Å². The highest BCUT2D eigenvalue weighted by molar-refractivity contribution is 5.86. The predicted octanol–water partition coefficient (Wildman–Crippen LogP) is 2.48. The Morgan fingerprint density at radius 2 is 2.14 bits per heavy atom. The van der Waals surface area contributed by atoms with Gasteiger partial charge in [0.15, 0.2) is 0 Å². The minimum Gasteiger partial charge on any atom is -0.355 e. The van der Waals surface area contributed by atoms with Gasteiger partial charge in [-0.15, -0.1) is 0 Å². The molecule has 0 aliphatic heterocycles. The average molecular weight is 277 g/mol. The van der Waals surface area contributed by atoms with Gasteiger partial charge in [0.25, 0.3) is 0 Å². The fourth-order valence-electron chi connectivity index (χ4n) is 2.36. The summed E-state index contributed by atoms with van der Waals surface area (Å²) in [5.41, 5.74) is 2.59. The molecule has 0 radical (unpaired) electrons. The number of rotatable bonds is 3. The van der Waals surface area contributed by atoms with E-state index in [4.69, 9.17) is 0 Å². The molecule has 3 rings (SSSR count). The zero-order valence-electron chi connectivity index (χ0n) is 12.0. The molecule has 0 aliphatic rings. The molecule has 0 saturated heterocycles. The van der Waals surface area contributed by atoms with Crippen LogP contribution in [-0.4, -0.2) is 21.8 Å². The van der Waals surface area contributed by atoms with E-state index in [0.29, 0.717) is 12.1 Å². The smallest absolute Gasteiger partial charge is 0.130 e. The Morgan fingerprint density at radius 3 is 2.86 bits per heavy atom. The first-order valence-corrected chi connectivity index (χ1v) is 6.66. The molecular weight excluding hydrogens is 262 g/mol. The van der Waals surface area contributed by atoms with Gasteiger partial charge in [-0.25, -0.2) is 4.98 Å². The highest BCUT2D eigenvalue weighted by atomic mass is 15.2. The fraction of sp³-hybridized carbons (Fsp3) is 0.188. The number of hydrogen-bond donors (Lipinski definition) is 0. The first-order chi connectivity index (χ1) is 10.2. The maximum Gasteiger partial charge on any atom is 0.130 e. The first kappa shape index (κ1) is 13.1. The molecule has 0 N–H and O–H groups in total. The van der Waals surface area contributed by atoms with Crippen molar-refractivity contribution in [1.29, 1.82) is 5.26 Å². The van der Waals surface area contributed by atoms with Gasteiger partial charge in [0.1, 0.15) is 5.82 Å². The second-order valence-corrected chi connectivity index (χ2v) is 5.04. The van der Waals surface area contributed by atoms with Crippen molar-refractivity contribution < 1.29 is 0 Å². The summed E-state index contributed by atoms with van der Waals surface area (Å²) in [5, 5.41) is 14.4. The van der Waals surface area contributed by atoms with Crippen molar-refractivity contribution in [3.63, 3.8) is 0 Å². The van der Waals surface area contributed by atoms with E-state index in [-0.39, 0.29) is 0 Å².